The van der Waals surface area contributed by atoms with Crippen molar-refractivity contribution >= 4 is 23.3 Å². The van der Waals surface area contributed by atoms with Crippen LogP contribution in [0.25, 0.3) is 0 Å². The molecule has 0 saturated heterocycles. The minimum Gasteiger partial charge on any atom is -0.387 e. The second-order valence-electron chi connectivity index (χ2n) is 6.24. The maximum atomic E-state index is 12.5. The number of rotatable bonds is 6. The van der Waals surface area contributed by atoms with E-state index in [0.29, 0.717) is 0 Å². The SMILES string of the molecule is CC(=O)C(CN1C(=O)c2ccccc2C1=O)C(O)c1ccccc1[N+](=O)[O-]. The van der Waals surface area contributed by atoms with Crippen LogP contribution in [0.2, 0.25) is 0 Å². The van der Waals surface area contributed by atoms with Crippen molar-refractivity contribution in [2.24, 2.45) is 5.92 Å². The van der Waals surface area contributed by atoms with Gasteiger partial charge in [-0.1, -0.05) is 24.3 Å². The van der Waals surface area contributed by atoms with Crippen molar-refractivity contribution in [3.63, 3.8) is 0 Å². The van der Waals surface area contributed by atoms with E-state index in [2.05, 4.69) is 0 Å². The quantitative estimate of drug-likeness (QED) is 0.474. The number of benzene rings is 2. The molecule has 1 aliphatic rings. The topological polar surface area (TPSA) is 118 Å². The van der Waals surface area contributed by atoms with E-state index in [1.807, 2.05) is 0 Å². The van der Waals surface area contributed by atoms with Crippen LogP contribution in [0.15, 0.2) is 48.5 Å². The molecule has 2 unspecified atom stereocenters. The summed E-state index contributed by atoms with van der Waals surface area (Å²) in [6, 6.07) is 11.8. The van der Waals surface area contributed by atoms with Crippen molar-refractivity contribution in [3.05, 3.63) is 75.3 Å². The predicted octanol–water partition coefficient (Wildman–Crippen LogP) is 2.13. The molecule has 0 aromatic heterocycles. The molecule has 0 aliphatic carbocycles. The van der Waals surface area contributed by atoms with E-state index >= 15 is 0 Å². The van der Waals surface area contributed by atoms with Gasteiger partial charge in [-0.25, -0.2) is 0 Å². The zero-order valence-electron chi connectivity index (χ0n) is 14.4. The number of Topliss-reactive ketones (excluding diaryl/α,β-unsaturated/α-hetero) is 1. The van der Waals surface area contributed by atoms with E-state index in [1.165, 1.54) is 43.3 Å². The first kappa shape index (κ1) is 18.4. The lowest BCUT2D eigenvalue weighted by atomic mass is 9.91. The van der Waals surface area contributed by atoms with Gasteiger partial charge in [0.25, 0.3) is 17.5 Å². The summed E-state index contributed by atoms with van der Waals surface area (Å²) in [5.41, 5.74) is 0.0767. The minimum atomic E-state index is -1.53. The van der Waals surface area contributed by atoms with Gasteiger partial charge in [0.05, 0.1) is 33.6 Å². The number of nitro groups is 1. The van der Waals surface area contributed by atoms with E-state index in [4.69, 9.17) is 0 Å². The Kier molecular flexibility index (Phi) is 4.83. The highest BCUT2D eigenvalue weighted by Crippen LogP contribution is 2.32. The molecule has 1 N–H and O–H groups in total. The summed E-state index contributed by atoms with van der Waals surface area (Å²) < 4.78 is 0. The van der Waals surface area contributed by atoms with E-state index in [9.17, 15) is 29.6 Å². The minimum absolute atomic E-state index is 0.0423. The van der Waals surface area contributed by atoms with Crippen LogP contribution in [0.4, 0.5) is 5.69 Å². The van der Waals surface area contributed by atoms with Crippen molar-refractivity contribution in [1.82, 2.24) is 4.90 Å². The molecule has 0 spiro atoms. The third-order valence-corrected chi connectivity index (χ3v) is 4.61. The van der Waals surface area contributed by atoms with Crippen LogP contribution in [-0.2, 0) is 4.79 Å². The lowest BCUT2D eigenvalue weighted by Gasteiger charge is -2.25. The standard InChI is InChI=1S/C19H16N2O6/c1-11(22)15(17(23)14-8-4-5-9-16(14)21(26)27)10-20-18(24)12-6-2-3-7-13(12)19(20)25/h2-9,15,17,23H,10H2,1H3. The Morgan fingerprint density at radius 1 is 1.07 bits per heavy atom. The fourth-order valence-corrected chi connectivity index (χ4v) is 3.17. The number of para-hydroxylation sites is 1. The predicted molar refractivity (Wildman–Crippen MR) is 94.0 cm³/mol. The Bertz CT molecular complexity index is 920. The van der Waals surface area contributed by atoms with Gasteiger partial charge < -0.3 is 5.11 Å². The van der Waals surface area contributed by atoms with Crippen molar-refractivity contribution < 1.29 is 24.4 Å². The number of fused-ring (bicyclic) bond motifs is 1. The zero-order chi connectivity index (χ0) is 19.7. The average molecular weight is 368 g/mol. The highest BCUT2D eigenvalue weighted by molar-refractivity contribution is 6.21. The van der Waals surface area contributed by atoms with Gasteiger partial charge in [0, 0.05) is 12.6 Å². The molecule has 0 saturated carbocycles. The zero-order valence-corrected chi connectivity index (χ0v) is 14.4. The third kappa shape index (κ3) is 3.22. The van der Waals surface area contributed by atoms with Gasteiger partial charge in [-0.05, 0) is 25.1 Å². The number of hydrogen-bond acceptors (Lipinski definition) is 6. The summed E-state index contributed by atoms with van der Waals surface area (Å²) in [5.74, 6) is -2.79. The molecule has 1 aliphatic heterocycles. The molecule has 1 heterocycles. The monoisotopic (exact) mass is 368 g/mol. The second-order valence-corrected chi connectivity index (χ2v) is 6.24. The molecule has 0 radical (unpaired) electrons. The van der Waals surface area contributed by atoms with Crippen molar-refractivity contribution in [2.45, 2.75) is 13.0 Å². The molecule has 8 nitrogen and oxygen atoms in total. The second kappa shape index (κ2) is 7.08. The number of amides is 2. The first-order valence-corrected chi connectivity index (χ1v) is 8.20. The number of hydrogen-bond donors (Lipinski definition) is 1. The molecule has 2 atom stereocenters. The number of aliphatic hydroxyl groups is 1. The first-order chi connectivity index (χ1) is 12.8. The highest BCUT2D eigenvalue weighted by atomic mass is 16.6. The molecule has 3 rings (SSSR count). The fraction of sp³-hybridized carbons (Fsp3) is 0.211. The van der Waals surface area contributed by atoms with Gasteiger partial charge in [-0.3, -0.25) is 29.4 Å². The van der Waals surface area contributed by atoms with Crippen molar-refractivity contribution in [3.8, 4) is 0 Å². The molecule has 0 fully saturated rings. The Balaban J connectivity index is 1.92. The number of carbonyl (C=O) groups is 3. The van der Waals surface area contributed by atoms with Crippen molar-refractivity contribution in [2.75, 3.05) is 6.54 Å². The van der Waals surface area contributed by atoms with Gasteiger partial charge in [0.1, 0.15) is 5.78 Å². The lowest BCUT2D eigenvalue weighted by molar-refractivity contribution is -0.386. The molecule has 0 bridgehead atoms. The Hall–Kier alpha value is -3.39. The summed E-state index contributed by atoms with van der Waals surface area (Å²) in [4.78, 5) is 48.6. The van der Waals surface area contributed by atoms with Gasteiger partial charge >= 0.3 is 0 Å². The van der Waals surface area contributed by atoms with E-state index in [0.717, 1.165) is 4.90 Å². The Morgan fingerprint density at radius 3 is 2.11 bits per heavy atom. The van der Waals surface area contributed by atoms with Gasteiger partial charge in [0.15, 0.2) is 0 Å². The highest BCUT2D eigenvalue weighted by Gasteiger charge is 2.40. The number of nitro benzene ring substituents is 1. The molecule has 2 amide bonds. The Labute approximate surface area is 154 Å². The fourth-order valence-electron chi connectivity index (χ4n) is 3.17. The van der Waals surface area contributed by atoms with Crippen LogP contribution in [0.5, 0.6) is 0 Å². The number of aliphatic hydroxyl groups excluding tert-OH is 1. The van der Waals surface area contributed by atoms with Crippen molar-refractivity contribution in [1.29, 1.82) is 0 Å². The summed E-state index contributed by atoms with van der Waals surface area (Å²) in [6.45, 7) is 0.843. The Morgan fingerprint density at radius 2 is 1.59 bits per heavy atom. The first-order valence-electron chi connectivity index (χ1n) is 8.20. The van der Waals surface area contributed by atoms with Crippen LogP contribution in [-0.4, -0.2) is 39.1 Å². The van der Waals surface area contributed by atoms with Gasteiger partial charge in [0.2, 0.25) is 0 Å². The molecular formula is C19H16N2O6. The summed E-state index contributed by atoms with van der Waals surface area (Å²) >= 11 is 0. The normalized spacial score (nSPS) is 15.4. The van der Waals surface area contributed by atoms with Crippen LogP contribution in [0.3, 0.4) is 0 Å². The van der Waals surface area contributed by atoms with E-state index in [-0.39, 0.29) is 28.9 Å². The summed E-state index contributed by atoms with van der Waals surface area (Å²) in [5, 5.41) is 21.9. The molecular weight excluding hydrogens is 352 g/mol. The maximum absolute atomic E-state index is 12.5. The van der Waals surface area contributed by atoms with Crippen LogP contribution < -0.4 is 0 Å². The van der Waals surface area contributed by atoms with E-state index < -0.39 is 34.5 Å². The maximum Gasteiger partial charge on any atom is 0.275 e. The molecule has 27 heavy (non-hydrogen) atoms. The number of ketones is 1. The molecule has 2 aromatic rings. The third-order valence-electron chi connectivity index (χ3n) is 4.61. The summed E-state index contributed by atoms with van der Waals surface area (Å²) in [7, 11) is 0. The smallest absolute Gasteiger partial charge is 0.275 e. The molecule has 8 heteroatoms. The molecule has 2 aromatic carbocycles. The largest absolute Gasteiger partial charge is 0.387 e. The van der Waals surface area contributed by atoms with Gasteiger partial charge in [-0.15, -0.1) is 0 Å². The van der Waals surface area contributed by atoms with Crippen LogP contribution >= 0.6 is 0 Å². The van der Waals surface area contributed by atoms with Crippen LogP contribution in [0, 0.1) is 16.0 Å². The van der Waals surface area contributed by atoms with E-state index in [1.54, 1.807) is 12.1 Å². The van der Waals surface area contributed by atoms with Gasteiger partial charge in [-0.2, -0.15) is 0 Å². The number of nitrogens with zero attached hydrogens (tertiary/aromatic N) is 2. The lowest BCUT2D eigenvalue weighted by Crippen LogP contribution is -2.39. The molecule has 138 valence electrons. The number of imide groups is 1. The average Bonchev–Trinajstić information content (AvgIpc) is 2.90. The summed E-state index contributed by atoms with van der Waals surface area (Å²) in [6.07, 6.45) is -1.53. The van der Waals surface area contributed by atoms with Crippen LogP contribution in [0.1, 0.15) is 39.3 Å². The number of carbonyl (C=O) groups excluding carboxylic acids is 3.